The van der Waals surface area contributed by atoms with E-state index in [1.165, 1.54) is 4.90 Å². The summed E-state index contributed by atoms with van der Waals surface area (Å²) in [5, 5.41) is 3.38. The highest BCUT2D eigenvalue weighted by Gasteiger charge is 2.50. The average molecular weight is 411 g/mol. The summed E-state index contributed by atoms with van der Waals surface area (Å²) < 4.78 is 0. The van der Waals surface area contributed by atoms with Crippen molar-refractivity contribution < 1.29 is 14.4 Å². The molecule has 1 N–H and O–H groups in total. The molecule has 0 radical (unpaired) electrons. The number of carbonyl (C=O) groups is 3. The van der Waals surface area contributed by atoms with Crippen molar-refractivity contribution in [3.05, 3.63) is 58.6 Å². The number of aryl methyl sites for hydroxylation is 1. The molecule has 0 spiro atoms. The van der Waals surface area contributed by atoms with E-state index in [0.29, 0.717) is 27.9 Å². The minimum absolute atomic E-state index is 0.143. The van der Waals surface area contributed by atoms with Crippen molar-refractivity contribution in [2.24, 2.45) is 17.8 Å². The fraction of sp³-hybridized carbons (Fsp3) is 0.348. The van der Waals surface area contributed by atoms with Crippen LogP contribution in [0.2, 0.25) is 5.02 Å². The Labute approximate surface area is 175 Å². The van der Waals surface area contributed by atoms with Crippen LogP contribution in [0.3, 0.4) is 0 Å². The number of benzene rings is 2. The van der Waals surface area contributed by atoms with Crippen LogP contribution in [-0.4, -0.2) is 17.7 Å². The van der Waals surface area contributed by atoms with E-state index < -0.39 is 0 Å². The number of carbonyl (C=O) groups excluding carboxylic acids is 3. The molecule has 5 nitrogen and oxygen atoms in total. The second-order valence-corrected chi connectivity index (χ2v) is 8.54. The first-order chi connectivity index (χ1) is 13.8. The predicted octanol–water partition coefficient (Wildman–Crippen LogP) is 4.83. The molecule has 0 unspecified atom stereocenters. The van der Waals surface area contributed by atoms with Crippen molar-refractivity contribution in [2.75, 3.05) is 10.2 Å². The summed E-state index contributed by atoms with van der Waals surface area (Å²) in [5.41, 5.74) is 2.35. The summed E-state index contributed by atoms with van der Waals surface area (Å²) in [7, 11) is 0. The lowest BCUT2D eigenvalue weighted by molar-refractivity contribution is -0.122. The van der Waals surface area contributed by atoms with Gasteiger partial charge in [-0.15, -0.1) is 0 Å². The lowest BCUT2D eigenvalue weighted by Gasteiger charge is -2.25. The van der Waals surface area contributed by atoms with Crippen molar-refractivity contribution in [1.82, 2.24) is 0 Å². The van der Waals surface area contributed by atoms with Crippen LogP contribution in [0.4, 0.5) is 11.4 Å². The molecule has 0 bridgehead atoms. The molecule has 2 aromatic carbocycles. The van der Waals surface area contributed by atoms with Crippen LogP contribution < -0.4 is 10.2 Å². The van der Waals surface area contributed by atoms with Crippen molar-refractivity contribution in [2.45, 2.75) is 33.1 Å². The van der Waals surface area contributed by atoms with Crippen molar-refractivity contribution in [3.8, 4) is 0 Å². The number of hydrogen-bond donors (Lipinski definition) is 1. The van der Waals surface area contributed by atoms with E-state index in [4.69, 9.17) is 11.6 Å². The largest absolute Gasteiger partial charge is 0.322 e. The Hall–Kier alpha value is -2.66. The molecule has 0 aromatic heterocycles. The smallest absolute Gasteiger partial charge is 0.255 e. The Morgan fingerprint density at radius 3 is 2.62 bits per heavy atom. The molecule has 1 saturated heterocycles. The third kappa shape index (κ3) is 3.67. The zero-order valence-corrected chi connectivity index (χ0v) is 17.2. The van der Waals surface area contributed by atoms with E-state index in [2.05, 4.69) is 12.2 Å². The molecule has 2 aromatic rings. The first-order valence-electron chi connectivity index (χ1n) is 9.90. The summed E-state index contributed by atoms with van der Waals surface area (Å²) in [5.74, 6) is -0.624. The van der Waals surface area contributed by atoms with Gasteiger partial charge in [-0.2, -0.15) is 0 Å². The number of nitrogens with one attached hydrogen (secondary N) is 1. The maximum Gasteiger partial charge on any atom is 0.255 e. The standard InChI is InChI=1S/C23H23ClN2O3/c1-13-6-9-18-19(10-13)23(29)26(22(18)28)17-5-3-4-15(11-17)21(27)25-20-12-16(24)8-7-14(20)2/h3-5,7-8,11-13,18-19H,6,9-10H2,1-2H3,(H,25,27)/t13-,18-,19-/m1/s1. The minimum atomic E-state index is -0.317. The Kier molecular flexibility index (Phi) is 5.17. The molecular weight excluding hydrogens is 388 g/mol. The van der Waals surface area contributed by atoms with Gasteiger partial charge < -0.3 is 5.32 Å². The fourth-order valence-electron chi connectivity index (χ4n) is 4.35. The first-order valence-corrected chi connectivity index (χ1v) is 10.3. The van der Waals surface area contributed by atoms with Crippen LogP contribution in [0.25, 0.3) is 0 Å². The number of rotatable bonds is 3. The SMILES string of the molecule is Cc1ccc(Cl)cc1NC(=O)c1cccc(N2C(=O)[C@@H]3CC[C@@H](C)C[C@H]3C2=O)c1. The summed E-state index contributed by atoms with van der Waals surface area (Å²) in [6, 6.07) is 12.0. The fourth-order valence-corrected chi connectivity index (χ4v) is 4.53. The number of fused-ring (bicyclic) bond motifs is 1. The Balaban J connectivity index is 1.59. The Bertz CT molecular complexity index is 1000. The van der Waals surface area contributed by atoms with E-state index in [-0.39, 0.29) is 29.6 Å². The number of amides is 3. The number of nitrogens with zero attached hydrogens (tertiary/aromatic N) is 1. The van der Waals surface area contributed by atoms with Gasteiger partial charge in [-0.05, 0) is 68.0 Å². The van der Waals surface area contributed by atoms with E-state index in [1.54, 1.807) is 36.4 Å². The number of imide groups is 1. The van der Waals surface area contributed by atoms with E-state index in [9.17, 15) is 14.4 Å². The van der Waals surface area contributed by atoms with Gasteiger partial charge in [0.1, 0.15) is 0 Å². The van der Waals surface area contributed by atoms with E-state index in [1.807, 2.05) is 13.0 Å². The first kappa shape index (κ1) is 19.6. The lowest BCUT2D eigenvalue weighted by atomic mass is 9.76. The highest BCUT2D eigenvalue weighted by atomic mass is 35.5. The van der Waals surface area contributed by atoms with Crippen molar-refractivity contribution in [3.63, 3.8) is 0 Å². The summed E-state index contributed by atoms with van der Waals surface area (Å²) >= 11 is 6.03. The van der Waals surface area contributed by atoms with Gasteiger partial charge in [0.05, 0.1) is 17.5 Å². The molecule has 3 atom stereocenters. The van der Waals surface area contributed by atoms with Gasteiger partial charge >= 0.3 is 0 Å². The molecule has 6 heteroatoms. The van der Waals surface area contributed by atoms with Crippen molar-refractivity contribution >= 4 is 40.7 Å². The zero-order valence-electron chi connectivity index (χ0n) is 16.4. The van der Waals surface area contributed by atoms with Crippen LogP contribution >= 0.6 is 11.6 Å². The van der Waals surface area contributed by atoms with Crippen LogP contribution in [0.5, 0.6) is 0 Å². The molecule has 150 valence electrons. The third-order valence-electron chi connectivity index (χ3n) is 6.00. The zero-order chi connectivity index (χ0) is 20.7. The normalized spacial score (nSPS) is 23.8. The van der Waals surface area contributed by atoms with E-state index >= 15 is 0 Å². The summed E-state index contributed by atoms with van der Waals surface area (Å²) in [4.78, 5) is 39.9. The molecule has 1 heterocycles. The van der Waals surface area contributed by atoms with Gasteiger partial charge in [0.25, 0.3) is 5.91 Å². The molecule has 4 rings (SSSR count). The molecule has 1 aliphatic heterocycles. The van der Waals surface area contributed by atoms with Gasteiger partial charge in [-0.1, -0.05) is 30.7 Å². The topological polar surface area (TPSA) is 66.5 Å². The maximum absolute atomic E-state index is 12.9. The van der Waals surface area contributed by atoms with Gasteiger partial charge in [0, 0.05) is 16.3 Å². The van der Waals surface area contributed by atoms with Crippen LogP contribution in [0.15, 0.2) is 42.5 Å². The second kappa shape index (κ2) is 7.64. The highest BCUT2D eigenvalue weighted by Crippen LogP contribution is 2.42. The molecule has 1 saturated carbocycles. The number of hydrogen-bond acceptors (Lipinski definition) is 3. The predicted molar refractivity (Wildman–Crippen MR) is 113 cm³/mol. The molecule has 1 aliphatic carbocycles. The van der Waals surface area contributed by atoms with Gasteiger partial charge in [0.2, 0.25) is 11.8 Å². The number of anilines is 2. The average Bonchev–Trinajstić information content (AvgIpc) is 2.94. The Morgan fingerprint density at radius 2 is 1.83 bits per heavy atom. The van der Waals surface area contributed by atoms with Crippen LogP contribution in [0, 0.1) is 24.7 Å². The van der Waals surface area contributed by atoms with Gasteiger partial charge in [-0.3, -0.25) is 19.3 Å². The number of halogens is 1. The second-order valence-electron chi connectivity index (χ2n) is 8.11. The monoisotopic (exact) mass is 410 g/mol. The summed E-state index contributed by atoms with van der Waals surface area (Å²) in [6.07, 6.45) is 2.47. The van der Waals surface area contributed by atoms with Gasteiger partial charge in [0.15, 0.2) is 0 Å². The molecular formula is C23H23ClN2O3. The molecule has 2 fully saturated rings. The van der Waals surface area contributed by atoms with Crippen LogP contribution in [-0.2, 0) is 9.59 Å². The minimum Gasteiger partial charge on any atom is -0.322 e. The quantitative estimate of drug-likeness (QED) is 0.737. The maximum atomic E-state index is 12.9. The van der Waals surface area contributed by atoms with Crippen molar-refractivity contribution in [1.29, 1.82) is 0 Å². The molecule has 3 amide bonds. The lowest BCUT2D eigenvalue weighted by Crippen LogP contribution is -2.31. The Morgan fingerprint density at radius 1 is 1.07 bits per heavy atom. The molecule has 2 aliphatic rings. The highest BCUT2D eigenvalue weighted by molar-refractivity contribution is 6.31. The van der Waals surface area contributed by atoms with E-state index in [0.717, 1.165) is 24.8 Å². The van der Waals surface area contributed by atoms with Gasteiger partial charge in [-0.25, -0.2) is 0 Å². The third-order valence-corrected chi connectivity index (χ3v) is 6.24. The summed E-state index contributed by atoms with van der Waals surface area (Å²) in [6.45, 7) is 4.01. The molecule has 29 heavy (non-hydrogen) atoms. The van der Waals surface area contributed by atoms with Crippen LogP contribution in [0.1, 0.15) is 42.1 Å².